The van der Waals surface area contributed by atoms with Gasteiger partial charge in [-0.3, -0.25) is 14.4 Å². The fourth-order valence-electron chi connectivity index (χ4n) is 6.65. The quantitative estimate of drug-likeness (QED) is 0.0263. The zero-order chi connectivity index (χ0) is 45.1. The first-order chi connectivity index (χ1) is 30.5. The molecular formula is C56H92O6. The Morgan fingerprint density at radius 3 is 1.13 bits per heavy atom. The molecule has 0 heterocycles. The number of carbonyl (C=O) groups is 3. The largest absolute Gasteiger partial charge is 0.462 e. The van der Waals surface area contributed by atoms with Crippen molar-refractivity contribution in [2.75, 3.05) is 13.2 Å². The summed E-state index contributed by atoms with van der Waals surface area (Å²) in [4.78, 5) is 37.9. The Bertz CT molecular complexity index is 1260. The molecule has 0 fully saturated rings. The maximum Gasteiger partial charge on any atom is 0.309 e. The van der Waals surface area contributed by atoms with Crippen molar-refractivity contribution >= 4 is 17.9 Å². The van der Waals surface area contributed by atoms with E-state index in [1.807, 2.05) is 6.08 Å². The molecule has 0 aromatic rings. The van der Waals surface area contributed by atoms with Gasteiger partial charge in [-0.1, -0.05) is 221 Å². The Kier molecular flexibility index (Phi) is 47.0. The lowest BCUT2D eigenvalue weighted by molar-refractivity contribution is -0.166. The van der Waals surface area contributed by atoms with Gasteiger partial charge >= 0.3 is 17.9 Å². The first kappa shape index (κ1) is 58.3. The van der Waals surface area contributed by atoms with Gasteiger partial charge in [-0.05, 0) is 77.0 Å². The Hall–Kier alpha value is -3.67. The average molecular weight is 861 g/mol. The van der Waals surface area contributed by atoms with Gasteiger partial charge in [0, 0.05) is 12.8 Å². The average Bonchev–Trinajstić information content (AvgIpc) is 3.27. The molecule has 0 saturated carbocycles. The summed E-state index contributed by atoms with van der Waals surface area (Å²) in [5.74, 6) is -1.07. The van der Waals surface area contributed by atoms with Crippen LogP contribution in [0.15, 0.2) is 97.2 Å². The molecule has 1 atom stereocenters. The lowest BCUT2D eigenvalue weighted by atomic mass is 10.0. The highest BCUT2D eigenvalue weighted by Gasteiger charge is 2.19. The third kappa shape index (κ3) is 47.4. The van der Waals surface area contributed by atoms with E-state index in [2.05, 4.69) is 106 Å². The second-order valence-electron chi connectivity index (χ2n) is 16.3. The summed E-state index contributed by atoms with van der Waals surface area (Å²) in [6.45, 7) is 6.30. The third-order valence-electron chi connectivity index (χ3n) is 10.4. The molecule has 6 heteroatoms. The lowest BCUT2D eigenvalue weighted by Gasteiger charge is -2.18. The van der Waals surface area contributed by atoms with Crippen molar-refractivity contribution in [2.45, 2.75) is 226 Å². The molecule has 0 aliphatic heterocycles. The minimum Gasteiger partial charge on any atom is -0.462 e. The molecular weight excluding hydrogens is 769 g/mol. The zero-order valence-corrected chi connectivity index (χ0v) is 40.1. The van der Waals surface area contributed by atoms with Gasteiger partial charge in [-0.15, -0.1) is 0 Å². The molecule has 0 aromatic carbocycles. The minimum absolute atomic E-state index is 0.114. The number of esters is 3. The summed E-state index contributed by atoms with van der Waals surface area (Å²) in [5.41, 5.74) is 0. The van der Waals surface area contributed by atoms with Gasteiger partial charge in [0.1, 0.15) is 13.2 Å². The van der Waals surface area contributed by atoms with Crippen molar-refractivity contribution < 1.29 is 28.6 Å². The molecule has 352 valence electrons. The van der Waals surface area contributed by atoms with Crippen molar-refractivity contribution in [1.29, 1.82) is 0 Å². The van der Waals surface area contributed by atoms with E-state index >= 15 is 0 Å². The predicted octanol–water partition coefficient (Wildman–Crippen LogP) is 16.6. The molecule has 62 heavy (non-hydrogen) atoms. The van der Waals surface area contributed by atoms with Crippen LogP contribution in [0.5, 0.6) is 0 Å². The number of hydrogen-bond donors (Lipinski definition) is 0. The molecule has 0 radical (unpaired) electrons. The first-order valence-corrected chi connectivity index (χ1v) is 25.2. The van der Waals surface area contributed by atoms with E-state index in [-0.39, 0.29) is 38.0 Å². The van der Waals surface area contributed by atoms with Gasteiger partial charge in [0.25, 0.3) is 0 Å². The van der Waals surface area contributed by atoms with E-state index in [9.17, 15) is 14.4 Å². The number of carbonyl (C=O) groups excluding carboxylic acids is 3. The van der Waals surface area contributed by atoms with Crippen LogP contribution in [0.1, 0.15) is 220 Å². The smallest absolute Gasteiger partial charge is 0.309 e. The minimum atomic E-state index is -0.825. The van der Waals surface area contributed by atoms with Crippen LogP contribution in [-0.2, 0) is 28.6 Å². The van der Waals surface area contributed by atoms with Crippen molar-refractivity contribution in [3.8, 4) is 0 Å². The van der Waals surface area contributed by atoms with E-state index in [1.54, 1.807) is 6.08 Å². The van der Waals surface area contributed by atoms with E-state index in [1.165, 1.54) is 70.6 Å². The van der Waals surface area contributed by atoms with Crippen LogP contribution >= 0.6 is 0 Å². The van der Waals surface area contributed by atoms with Crippen LogP contribution < -0.4 is 0 Å². The number of allylic oxidation sites excluding steroid dienone is 15. The van der Waals surface area contributed by atoms with Crippen LogP contribution in [0.2, 0.25) is 0 Å². The van der Waals surface area contributed by atoms with Crippen molar-refractivity contribution in [2.24, 2.45) is 0 Å². The Balaban J connectivity index is 4.54. The maximum absolute atomic E-state index is 12.8. The number of ether oxygens (including phenoxy) is 3. The second kappa shape index (κ2) is 50.0. The molecule has 0 aromatic heterocycles. The van der Waals surface area contributed by atoms with Gasteiger partial charge in [-0.2, -0.15) is 0 Å². The van der Waals surface area contributed by atoms with Gasteiger partial charge < -0.3 is 14.2 Å². The van der Waals surface area contributed by atoms with Crippen LogP contribution in [0.25, 0.3) is 0 Å². The van der Waals surface area contributed by atoms with Crippen LogP contribution in [-0.4, -0.2) is 37.2 Å². The lowest BCUT2D eigenvalue weighted by Crippen LogP contribution is -2.30. The van der Waals surface area contributed by atoms with E-state index < -0.39 is 12.1 Å². The van der Waals surface area contributed by atoms with Gasteiger partial charge in [-0.25, -0.2) is 0 Å². The molecule has 0 saturated heterocycles. The van der Waals surface area contributed by atoms with E-state index in [0.29, 0.717) is 6.42 Å². The molecule has 0 bridgehead atoms. The van der Waals surface area contributed by atoms with Crippen molar-refractivity contribution in [3.05, 3.63) is 97.2 Å². The second-order valence-corrected chi connectivity index (χ2v) is 16.3. The van der Waals surface area contributed by atoms with Crippen LogP contribution in [0.4, 0.5) is 0 Å². The molecule has 0 aliphatic rings. The highest BCUT2D eigenvalue weighted by Crippen LogP contribution is 2.14. The standard InChI is InChI=1S/C56H92O6/c1-4-7-10-13-16-19-22-25-28-31-34-37-40-43-46-49-55(58)61-52-53(51-60-54(57)48-45-42-39-36-33-30-27-24-21-18-15-12-9-6-3)62-56(59)50-47-44-41-38-35-32-29-26-23-20-17-14-11-8-5-2/h7-8,10-11,16-17,19-20,25-26,28-29,34,37,43,46,53H,4-6,9,12-15,18,21-24,27,30-33,35-36,38-42,44-45,47-52H2,1-3H3/b10-7-,11-8-,19-16-,20-17-,28-25-,29-26-,37-34-,46-43-. The van der Waals surface area contributed by atoms with Crippen molar-refractivity contribution in [1.82, 2.24) is 0 Å². The summed E-state index contributed by atoms with van der Waals surface area (Å²) in [6, 6.07) is 0. The molecule has 0 rings (SSSR count). The Labute approximate surface area is 381 Å². The summed E-state index contributed by atoms with van der Waals surface area (Å²) in [5, 5.41) is 0. The normalized spacial score (nSPS) is 12.9. The fraction of sp³-hybridized carbons (Fsp3) is 0.661. The highest BCUT2D eigenvalue weighted by molar-refractivity contribution is 5.72. The van der Waals surface area contributed by atoms with Gasteiger partial charge in [0.15, 0.2) is 6.10 Å². The van der Waals surface area contributed by atoms with E-state index in [0.717, 1.165) is 109 Å². The van der Waals surface area contributed by atoms with Gasteiger partial charge in [0.2, 0.25) is 0 Å². The highest BCUT2D eigenvalue weighted by atomic mass is 16.6. The zero-order valence-electron chi connectivity index (χ0n) is 40.1. The molecule has 0 N–H and O–H groups in total. The van der Waals surface area contributed by atoms with Gasteiger partial charge in [0.05, 0.1) is 6.42 Å². The number of hydrogen-bond acceptors (Lipinski definition) is 6. The number of unbranched alkanes of at least 4 members (excludes halogenated alkanes) is 18. The third-order valence-corrected chi connectivity index (χ3v) is 10.4. The summed E-state index contributed by atoms with van der Waals surface area (Å²) in [6.07, 6.45) is 65.5. The molecule has 1 unspecified atom stereocenters. The molecule has 0 aliphatic carbocycles. The Morgan fingerprint density at radius 2 is 0.694 bits per heavy atom. The maximum atomic E-state index is 12.8. The number of rotatable bonds is 44. The Morgan fingerprint density at radius 1 is 0.355 bits per heavy atom. The summed E-state index contributed by atoms with van der Waals surface area (Å²) in [7, 11) is 0. The van der Waals surface area contributed by atoms with E-state index in [4.69, 9.17) is 14.2 Å². The first-order valence-electron chi connectivity index (χ1n) is 25.2. The topological polar surface area (TPSA) is 78.9 Å². The van der Waals surface area contributed by atoms with Crippen molar-refractivity contribution in [3.63, 3.8) is 0 Å². The fourth-order valence-corrected chi connectivity index (χ4v) is 6.65. The summed E-state index contributed by atoms with van der Waals surface area (Å²) < 4.78 is 16.7. The molecule has 0 amide bonds. The molecule has 6 nitrogen and oxygen atoms in total. The molecule has 0 spiro atoms. The predicted molar refractivity (Wildman–Crippen MR) is 265 cm³/mol. The van der Waals surface area contributed by atoms with Crippen LogP contribution in [0.3, 0.4) is 0 Å². The SMILES string of the molecule is CC/C=C\C/C=C\C/C=C\C/C=C\C/C=C\CC(=O)OCC(COC(=O)CCCCCCCCCCCCCCCC)OC(=O)CCCCCCC/C=C\C/C=C\C/C=C\CC. The monoisotopic (exact) mass is 861 g/mol. The van der Waals surface area contributed by atoms with Crippen LogP contribution in [0, 0.1) is 0 Å². The summed E-state index contributed by atoms with van der Waals surface area (Å²) >= 11 is 0.